The molecule has 0 saturated heterocycles. The summed E-state index contributed by atoms with van der Waals surface area (Å²) < 4.78 is 1.83. The molecule has 82 valence electrons. The van der Waals surface area contributed by atoms with E-state index in [1.807, 2.05) is 29.1 Å². The summed E-state index contributed by atoms with van der Waals surface area (Å²) in [4.78, 5) is 11.3. The van der Waals surface area contributed by atoms with E-state index in [9.17, 15) is 9.90 Å². The summed E-state index contributed by atoms with van der Waals surface area (Å²) in [6.07, 6.45) is 9.42. The third kappa shape index (κ3) is 2.22. The zero-order valence-corrected chi connectivity index (χ0v) is 8.80. The highest BCUT2D eigenvalue weighted by Gasteiger charge is 2.29. The maximum Gasteiger partial charge on any atom is 0.326 e. The van der Waals surface area contributed by atoms with Gasteiger partial charge in [-0.15, -0.1) is 0 Å². The second-order valence-electron chi connectivity index (χ2n) is 4.31. The lowest BCUT2D eigenvalue weighted by molar-refractivity contribution is -0.143. The minimum atomic E-state index is -0.696. The molecule has 0 radical (unpaired) electrons. The molecule has 1 aliphatic rings. The summed E-state index contributed by atoms with van der Waals surface area (Å²) in [5.74, 6) is -0.387. The van der Waals surface area contributed by atoms with Gasteiger partial charge in [-0.2, -0.15) is 0 Å². The van der Waals surface area contributed by atoms with Crippen molar-refractivity contribution in [3.05, 3.63) is 24.5 Å². The molecule has 1 saturated carbocycles. The van der Waals surface area contributed by atoms with Gasteiger partial charge < -0.3 is 9.67 Å². The molecule has 0 unspecified atom stereocenters. The van der Waals surface area contributed by atoms with Gasteiger partial charge in [0, 0.05) is 12.4 Å². The maximum absolute atomic E-state index is 11.3. The molecule has 1 fully saturated rings. The van der Waals surface area contributed by atoms with Crippen molar-refractivity contribution in [3.8, 4) is 0 Å². The molecule has 1 aliphatic carbocycles. The number of carboxylic acids is 1. The van der Waals surface area contributed by atoms with Crippen molar-refractivity contribution in [1.29, 1.82) is 0 Å². The van der Waals surface area contributed by atoms with Crippen LogP contribution in [0, 0.1) is 5.92 Å². The molecule has 1 aromatic rings. The molecular formula is C12H17NO2. The van der Waals surface area contributed by atoms with E-state index in [1.54, 1.807) is 0 Å². The molecule has 1 aromatic heterocycles. The van der Waals surface area contributed by atoms with E-state index in [-0.39, 0.29) is 6.04 Å². The molecule has 1 heterocycles. The van der Waals surface area contributed by atoms with Crippen LogP contribution in [0.4, 0.5) is 0 Å². The number of rotatable bonds is 3. The van der Waals surface area contributed by atoms with E-state index < -0.39 is 5.97 Å². The molecule has 0 amide bonds. The van der Waals surface area contributed by atoms with Crippen LogP contribution in [0.1, 0.15) is 38.1 Å². The minimum absolute atomic E-state index is 0.309. The lowest BCUT2D eigenvalue weighted by Gasteiger charge is -2.28. The summed E-state index contributed by atoms with van der Waals surface area (Å²) in [6.45, 7) is 0. The number of hydrogen-bond acceptors (Lipinski definition) is 1. The summed E-state index contributed by atoms with van der Waals surface area (Å²) >= 11 is 0. The van der Waals surface area contributed by atoms with Crippen molar-refractivity contribution in [1.82, 2.24) is 4.57 Å². The fourth-order valence-electron chi connectivity index (χ4n) is 2.56. The zero-order valence-electron chi connectivity index (χ0n) is 8.80. The molecule has 0 spiro atoms. The lowest BCUT2D eigenvalue weighted by atomic mass is 9.84. The van der Waals surface area contributed by atoms with E-state index in [1.165, 1.54) is 19.3 Å². The fourth-order valence-corrected chi connectivity index (χ4v) is 2.56. The Kier molecular flexibility index (Phi) is 3.09. The van der Waals surface area contributed by atoms with Gasteiger partial charge in [-0.3, -0.25) is 0 Å². The third-order valence-electron chi connectivity index (χ3n) is 3.30. The average molecular weight is 207 g/mol. The number of hydrogen-bond donors (Lipinski definition) is 1. The van der Waals surface area contributed by atoms with Crippen LogP contribution in [0.15, 0.2) is 24.5 Å². The van der Waals surface area contributed by atoms with Crippen LogP contribution in [0.2, 0.25) is 0 Å². The summed E-state index contributed by atoms with van der Waals surface area (Å²) in [6, 6.07) is 3.41. The number of carbonyl (C=O) groups is 1. The van der Waals surface area contributed by atoms with E-state index in [2.05, 4.69) is 0 Å². The molecule has 0 aromatic carbocycles. The normalized spacial score (nSPS) is 20.0. The van der Waals surface area contributed by atoms with E-state index in [0.717, 1.165) is 12.8 Å². The van der Waals surface area contributed by atoms with Crippen LogP contribution in [-0.2, 0) is 4.79 Å². The van der Waals surface area contributed by atoms with Gasteiger partial charge in [-0.1, -0.05) is 19.3 Å². The van der Waals surface area contributed by atoms with Crippen molar-refractivity contribution in [2.75, 3.05) is 0 Å². The Morgan fingerprint density at radius 2 is 1.80 bits per heavy atom. The Morgan fingerprint density at radius 3 is 2.33 bits per heavy atom. The first-order valence-electron chi connectivity index (χ1n) is 5.64. The van der Waals surface area contributed by atoms with E-state index in [4.69, 9.17) is 0 Å². The lowest BCUT2D eigenvalue weighted by Crippen LogP contribution is -2.27. The van der Waals surface area contributed by atoms with Crippen LogP contribution in [0.3, 0.4) is 0 Å². The van der Waals surface area contributed by atoms with Crippen molar-refractivity contribution in [3.63, 3.8) is 0 Å². The number of aromatic nitrogens is 1. The van der Waals surface area contributed by atoms with Crippen LogP contribution >= 0.6 is 0 Å². The zero-order chi connectivity index (χ0) is 10.7. The van der Waals surface area contributed by atoms with Crippen molar-refractivity contribution >= 4 is 5.97 Å². The Hall–Kier alpha value is -1.25. The van der Waals surface area contributed by atoms with Gasteiger partial charge >= 0.3 is 5.97 Å². The third-order valence-corrected chi connectivity index (χ3v) is 3.30. The second kappa shape index (κ2) is 4.51. The molecule has 1 N–H and O–H groups in total. The number of carboxylic acid groups (broad SMARTS) is 1. The van der Waals surface area contributed by atoms with Crippen LogP contribution < -0.4 is 0 Å². The van der Waals surface area contributed by atoms with Gasteiger partial charge in [-0.25, -0.2) is 4.79 Å². The van der Waals surface area contributed by atoms with Crippen molar-refractivity contribution in [2.45, 2.75) is 38.1 Å². The molecule has 3 nitrogen and oxygen atoms in total. The second-order valence-corrected chi connectivity index (χ2v) is 4.31. The highest BCUT2D eigenvalue weighted by atomic mass is 16.4. The van der Waals surface area contributed by atoms with Crippen LogP contribution in [-0.4, -0.2) is 15.6 Å². The number of nitrogens with zero attached hydrogens (tertiary/aromatic N) is 1. The van der Waals surface area contributed by atoms with E-state index in [0.29, 0.717) is 5.92 Å². The van der Waals surface area contributed by atoms with Gasteiger partial charge in [0.15, 0.2) is 0 Å². The van der Waals surface area contributed by atoms with Crippen molar-refractivity contribution in [2.24, 2.45) is 5.92 Å². The molecule has 0 aliphatic heterocycles. The first-order valence-corrected chi connectivity index (χ1v) is 5.64. The van der Waals surface area contributed by atoms with Crippen LogP contribution in [0.5, 0.6) is 0 Å². The molecule has 3 heteroatoms. The molecular weight excluding hydrogens is 190 g/mol. The smallest absolute Gasteiger partial charge is 0.326 e. The van der Waals surface area contributed by atoms with Crippen LogP contribution in [0.25, 0.3) is 0 Å². The van der Waals surface area contributed by atoms with Gasteiger partial charge in [-0.05, 0) is 30.9 Å². The average Bonchev–Trinajstić information content (AvgIpc) is 2.72. The summed E-state index contributed by atoms with van der Waals surface area (Å²) in [5.41, 5.74) is 0. The summed E-state index contributed by atoms with van der Waals surface area (Å²) in [7, 11) is 0. The Labute approximate surface area is 89.7 Å². The standard InChI is InChI=1S/C12H17NO2/c14-12(15)11(13-8-4-5-9-13)10-6-2-1-3-7-10/h4-5,8-11H,1-3,6-7H2,(H,14,15)/t11-/m1/s1. The largest absolute Gasteiger partial charge is 0.480 e. The predicted molar refractivity (Wildman–Crippen MR) is 57.7 cm³/mol. The molecule has 1 atom stereocenters. The monoisotopic (exact) mass is 207 g/mol. The van der Waals surface area contributed by atoms with Gasteiger partial charge in [0.2, 0.25) is 0 Å². The van der Waals surface area contributed by atoms with E-state index >= 15 is 0 Å². The predicted octanol–water partition coefficient (Wildman–Crippen LogP) is 2.69. The molecule has 15 heavy (non-hydrogen) atoms. The Morgan fingerprint density at radius 1 is 1.20 bits per heavy atom. The van der Waals surface area contributed by atoms with Gasteiger partial charge in [0.1, 0.15) is 6.04 Å². The molecule has 2 rings (SSSR count). The maximum atomic E-state index is 11.3. The Balaban J connectivity index is 2.15. The fraction of sp³-hybridized carbons (Fsp3) is 0.583. The highest BCUT2D eigenvalue weighted by molar-refractivity contribution is 5.72. The topological polar surface area (TPSA) is 42.2 Å². The first kappa shape index (κ1) is 10.3. The minimum Gasteiger partial charge on any atom is -0.480 e. The summed E-state index contributed by atoms with van der Waals surface area (Å²) in [5, 5.41) is 9.28. The van der Waals surface area contributed by atoms with Gasteiger partial charge in [0.25, 0.3) is 0 Å². The SMILES string of the molecule is O=C(O)[C@@H](C1CCCCC1)n1cccc1. The molecule has 0 bridgehead atoms. The Bertz CT molecular complexity index is 312. The highest BCUT2D eigenvalue weighted by Crippen LogP contribution is 2.33. The van der Waals surface area contributed by atoms with Gasteiger partial charge in [0.05, 0.1) is 0 Å². The van der Waals surface area contributed by atoms with Crippen molar-refractivity contribution < 1.29 is 9.90 Å². The number of aliphatic carboxylic acids is 1. The first-order chi connectivity index (χ1) is 7.29. The quantitative estimate of drug-likeness (QED) is 0.828.